The van der Waals surface area contributed by atoms with Gasteiger partial charge in [0.05, 0.1) is 30.2 Å². The number of nitrogens with one attached hydrogen (secondary N) is 1. The Morgan fingerprint density at radius 3 is 2.83 bits per heavy atom. The monoisotopic (exact) mass is 325 g/mol. The maximum absolute atomic E-state index is 12.3. The van der Waals surface area contributed by atoms with E-state index in [1.807, 2.05) is 54.8 Å². The Kier molecular flexibility index (Phi) is 4.29. The lowest BCUT2D eigenvalue weighted by Crippen LogP contribution is -2.49. The van der Waals surface area contributed by atoms with Gasteiger partial charge in [0, 0.05) is 7.05 Å². The molecule has 1 unspecified atom stereocenters. The Morgan fingerprint density at radius 2 is 2.21 bits per heavy atom. The van der Waals surface area contributed by atoms with E-state index in [9.17, 15) is 10.1 Å². The molecular formula is C18H23N5O. The minimum Gasteiger partial charge on any atom is -0.337 e. The summed E-state index contributed by atoms with van der Waals surface area (Å²) in [6.07, 6.45) is 2.03. The van der Waals surface area contributed by atoms with Gasteiger partial charge in [0.15, 0.2) is 0 Å². The van der Waals surface area contributed by atoms with Gasteiger partial charge in [-0.05, 0) is 44.9 Å². The number of hydrogen-bond donors (Lipinski definition) is 1. The maximum atomic E-state index is 12.3. The molecule has 1 aromatic carbocycles. The normalized spacial score (nSPS) is 16.8. The molecule has 6 nitrogen and oxygen atoms in total. The van der Waals surface area contributed by atoms with E-state index in [4.69, 9.17) is 0 Å². The highest BCUT2D eigenvalue weighted by Crippen LogP contribution is 2.39. The molecule has 1 aliphatic carbocycles. The summed E-state index contributed by atoms with van der Waals surface area (Å²) in [7, 11) is 3.87. The standard InChI is InChI=1S/C18H23N5O/c1-18(12-19,13-8-9-13)21-17(24)11-22(2)10-16-20-14-6-4-5-7-15(14)23(16)3/h4-7,13H,8-11H2,1-3H3,(H,21,24). The molecule has 1 fully saturated rings. The fourth-order valence-electron chi connectivity index (χ4n) is 3.09. The molecule has 1 aromatic heterocycles. The third-order valence-electron chi connectivity index (χ3n) is 4.73. The second-order valence-electron chi connectivity index (χ2n) is 6.88. The number of rotatable bonds is 6. The summed E-state index contributed by atoms with van der Waals surface area (Å²) in [6, 6.07) is 10.2. The van der Waals surface area contributed by atoms with Crippen molar-refractivity contribution in [3.8, 4) is 6.07 Å². The highest BCUT2D eigenvalue weighted by atomic mass is 16.2. The van der Waals surface area contributed by atoms with Crippen molar-refractivity contribution in [2.45, 2.75) is 31.8 Å². The van der Waals surface area contributed by atoms with E-state index >= 15 is 0 Å². The van der Waals surface area contributed by atoms with E-state index in [0.717, 1.165) is 29.7 Å². The minimum atomic E-state index is -0.740. The van der Waals surface area contributed by atoms with Crippen LogP contribution in [0.15, 0.2) is 24.3 Å². The molecule has 24 heavy (non-hydrogen) atoms. The number of nitriles is 1. The van der Waals surface area contributed by atoms with Crippen LogP contribution in [0.3, 0.4) is 0 Å². The molecule has 6 heteroatoms. The van der Waals surface area contributed by atoms with Gasteiger partial charge in [-0.2, -0.15) is 5.26 Å². The Balaban J connectivity index is 1.62. The van der Waals surface area contributed by atoms with Gasteiger partial charge >= 0.3 is 0 Å². The average molecular weight is 325 g/mol. The lowest BCUT2D eigenvalue weighted by molar-refractivity contribution is -0.123. The number of benzene rings is 1. The number of likely N-dealkylation sites (N-methyl/N-ethyl adjacent to an activating group) is 1. The second kappa shape index (κ2) is 6.25. The Labute approximate surface area is 142 Å². The van der Waals surface area contributed by atoms with Crippen molar-refractivity contribution in [2.24, 2.45) is 13.0 Å². The van der Waals surface area contributed by atoms with Crippen LogP contribution in [0, 0.1) is 17.2 Å². The van der Waals surface area contributed by atoms with Crippen LogP contribution in [-0.2, 0) is 18.4 Å². The number of carbonyl (C=O) groups is 1. The summed E-state index contributed by atoms with van der Waals surface area (Å²) in [5.41, 5.74) is 1.30. The number of aryl methyl sites for hydroxylation is 1. The van der Waals surface area contributed by atoms with Gasteiger partial charge in [0.1, 0.15) is 11.4 Å². The number of carbonyl (C=O) groups excluding carboxylic acids is 1. The molecule has 1 heterocycles. The van der Waals surface area contributed by atoms with E-state index in [1.165, 1.54) is 0 Å². The molecule has 0 radical (unpaired) electrons. The average Bonchev–Trinajstić information content (AvgIpc) is 3.35. The number of imidazole rings is 1. The molecule has 1 aliphatic rings. The molecule has 0 aliphatic heterocycles. The fourth-order valence-corrected chi connectivity index (χ4v) is 3.09. The van der Waals surface area contributed by atoms with Crippen LogP contribution in [0.2, 0.25) is 0 Å². The first kappa shape index (κ1) is 16.5. The molecule has 1 atom stereocenters. The van der Waals surface area contributed by atoms with E-state index in [1.54, 1.807) is 0 Å². The summed E-state index contributed by atoms with van der Waals surface area (Å²) in [5, 5.41) is 12.2. The number of hydrogen-bond acceptors (Lipinski definition) is 4. The zero-order valence-corrected chi connectivity index (χ0v) is 14.4. The van der Waals surface area contributed by atoms with Gasteiger partial charge in [0.2, 0.25) is 5.91 Å². The maximum Gasteiger partial charge on any atom is 0.235 e. The van der Waals surface area contributed by atoms with Gasteiger partial charge in [-0.25, -0.2) is 4.98 Å². The van der Waals surface area contributed by atoms with E-state index in [-0.39, 0.29) is 18.4 Å². The second-order valence-corrected chi connectivity index (χ2v) is 6.88. The largest absolute Gasteiger partial charge is 0.337 e. The molecule has 1 amide bonds. The first-order valence-corrected chi connectivity index (χ1v) is 8.24. The molecule has 0 spiro atoms. The van der Waals surface area contributed by atoms with Gasteiger partial charge < -0.3 is 9.88 Å². The summed E-state index contributed by atoms with van der Waals surface area (Å²) < 4.78 is 2.05. The predicted octanol–water partition coefficient (Wildman–Crippen LogP) is 1.81. The summed E-state index contributed by atoms with van der Waals surface area (Å²) in [6.45, 7) is 2.63. The lowest BCUT2D eigenvalue weighted by Gasteiger charge is -2.24. The molecule has 126 valence electrons. The molecule has 1 saturated carbocycles. The van der Waals surface area contributed by atoms with Crippen molar-refractivity contribution >= 4 is 16.9 Å². The molecule has 0 bridgehead atoms. The van der Waals surface area contributed by atoms with Crippen LogP contribution in [0.25, 0.3) is 11.0 Å². The molecular weight excluding hydrogens is 302 g/mol. The highest BCUT2D eigenvalue weighted by molar-refractivity contribution is 5.79. The van der Waals surface area contributed by atoms with Gasteiger partial charge in [0.25, 0.3) is 0 Å². The van der Waals surface area contributed by atoms with Crippen molar-refractivity contribution in [1.82, 2.24) is 19.8 Å². The Hall–Kier alpha value is -2.39. The highest BCUT2D eigenvalue weighted by Gasteiger charge is 2.43. The zero-order valence-electron chi connectivity index (χ0n) is 14.4. The van der Waals surface area contributed by atoms with Crippen LogP contribution in [0.5, 0.6) is 0 Å². The molecule has 0 saturated heterocycles. The molecule has 3 rings (SSSR count). The zero-order chi connectivity index (χ0) is 17.3. The number of nitrogens with zero attached hydrogens (tertiary/aromatic N) is 4. The first-order chi connectivity index (χ1) is 11.4. The fraction of sp³-hybridized carbons (Fsp3) is 0.500. The Bertz CT molecular complexity index is 801. The van der Waals surface area contributed by atoms with Crippen LogP contribution in [0.1, 0.15) is 25.6 Å². The minimum absolute atomic E-state index is 0.118. The van der Waals surface area contributed by atoms with Crippen molar-refractivity contribution in [3.63, 3.8) is 0 Å². The van der Waals surface area contributed by atoms with Crippen molar-refractivity contribution < 1.29 is 4.79 Å². The summed E-state index contributed by atoms with van der Waals surface area (Å²) >= 11 is 0. The van der Waals surface area contributed by atoms with E-state index in [0.29, 0.717) is 6.54 Å². The van der Waals surface area contributed by atoms with E-state index < -0.39 is 5.54 Å². The molecule has 2 aromatic rings. The Morgan fingerprint density at radius 1 is 1.50 bits per heavy atom. The van der Waals surface area contributed by atoms with Gasteiger partial charge in [-0.1, -0.05) is 12.1 Å². The van der Waals surface area contributed by atoms with Crippen LogP contribution in [-0.4, -0.2) is 39.5 Å². The first-order valence-electron chi connectivity index (χ1n) is 8.24. The number of para-hydroxylation sites is 2. The number of fused-ring (bicyclic) bond motifs is 1. The summed E-state index contributed by atoms with van der Waals surface area (Å²) in [5.74, 6) is 1.08. The van der Waals surface area contributed by atoms with Gasteiger partial charge in [-0.15, -0.1) is 0 Å². The van der Waals surface area contributed by atoms with Crippen molar-refractivity contribution in [2.75, 3.05) is 13.6 Å². The van der Waals surface area contributed by atoms with E-state index in [2.05, 4.69) is 16.4 Å². The topological polar surface area (TPSA) is 74.0 Å². The third kappa shape index (κ3) is 3.26. The molecule has 1 N–H and O–H groups in total. The third-order valence-corrected chi connectivity index (χ3v) is 4.73. The van der Waals surface area contributed by atoms with Crippen molar-refractivity contribution in [3.05, 3.63) is 30.1 Å². The number of aromatic nitrogens is 2. The predicted molar refractivity (Wildman–Crippen MR) is 91.9 cm³/mol. The van der Waals surface area contributed by atoms with Gasteiger partial charge in [-0.3, -0.25) is 9.69 Å². The van der Waals surface area contributed by atoms with Crippen LogP contribution < -0.4 is 5.32 Å². The van der Waals surface area contributed by atoms with Crippen molar-refractivity contribution in [1.29, 1.82) is 5.26 Å². The van der Waals surface area contributed by atoms with Crippen LogP contribution in [0.4, 0.5) is 0 Å². The quantitative estimate of drug-likeness (QED) is 0.879. The SMILES string of the molecule is CN(CC(=O)NC(C)(C#N)C1CC1)Cc1nc2ccccc2n1C. The summed E-state index contributed by atoms with van der Waals surface area (Å²) in [4.78, 5) is 18.8. The lowest BCUT2D eigenvalue weighted by atomic mass is 9.98. The smallest absolute Gasteiger partial charge is 0.235 e. The van der Waals surface area contributed by atoms with Crippen LogP contribution >= 0.6 is 0 Å². The number of amides is 1.